The van der Waals surface area contributed by atoms with E-state index >= 15 is 0 Å². The number of carbonyl (C=O) groups is 6. The molecule has 1 heterocycles. The van der Waals surface area contributed by atoms with Crippen LogP contribution in [0.1, 0.15) is 69.9 Å². The molecule has 1 aliphatic heterocycles. The summed E-state index contributed by atoms with van der Waals surface area (Å²) in [5.41, 5.74) is -0.140. The second kappa shape index (κ2) is 12.0. The fourth-order valence-electron chi connectivity index (χ4n) is 3.95. The Bertz CT molecular complexity index is 1080. The molecule has 11 heteroatoms. The van der Waals surface area contributed by atoms with Gasteiger partial charge in [0.05, 0.1) is 37.1 Å². The summed E-state index contributed by atoms with van der Waals surface area (Å²) in [6.07, 6.45) is -1.08. The van der Waals surface area contributed by atoms with Gasteiger partial charge in [-0.1, -0.05) is 32.9 Å². The number of amides is 4. The van der Waals surface area contributed by atoms with Crippen LogP contribution in [0.5, 0.6) is 0 Å². The van der Waals surface area contributed by atoms with E-state index in [1.165, 1.54) is 26.2 Å². The van der Waals surface area contributed by atoms with Gasteiger partial charge in [-0.15, -0.1) is 0 Å². The first kappa shape index (κ1) is 29.5. The Labute approximate surface area is 216 Å². The van der Waals surface area contributed by atoms with Gasteiger partial charge in [-0.05, 0) is 44.4 Å². The number of esters is 1. The number of methoxy groups -OCH3 is 1. The molecule has 0 unspecified atom stereocenters. The number of nitrogens with one attached hydrogen (secondary N) is 3. The molecule has 202 valence electrons. The third-order valence-corrected chi connectivity index (χ3v) is 5.83. The van der Waals surface area contributed by atoms with E-state index in [2.05, 4.69) is 16.0 Å². The van der Waals surface area contributed by atoms with Crippen LogP contribution in [-0.2, 0) is 28.7 Å². The van der Waals surface area contributed by atoms with Crippen LogP contribution in [0.25, 0.3) is 0 Å². The van der Waals surface area contributed by atoms with Crippen LogP contribution in [0.15, 0.2) is 24.3 Å². The molecule has 0 bridgehead atoms. The second-order valence-electron chi connectivity index (χ2n) is 10.3. The van der Waals surface area contributed by atoms with Gasteiger partial charge in [0.25, 0.3) is 0 Å². The first-order chi connectivity index (χ1) is 17.1. The fourth-order valence-corrected chi connectivity index (χ4v) is 3.95. The number of ether oxygens (including phenoxy) is 2. The largest absolute Gasteiger partial charge is 0.465 e. The lowest BCUT2D eigenvalue weighted by atomic mass is 9.85. The topological polar surface area (TPSA) is 157 Å². The number of rotatable bonds is 9. The Balaban J connectivity index is 2.28. The highest BCUT2D eigenvalue weighted by molar-refractivity contribution is 6.16. The van der Waals surface area contributed by atoms with E-state index in [-0.39, 0.29) is 17.9 Å². The maximum absolute atomic E-state index is 13.2. The number of carbonyl (C=O) groups excluding carboxylic acids is 6. The Morgan fingerprint density at radius 1 is 1.05 bits per heavy atom. The maximum Gasteiger partial charge on any atom is 0.408 e. The molecule has 2 rings (SSSR count). The van der Waals surface area contributed by atoms with Crippen LogP contribution in [0.2, 0.25) is 0 Å². The molecule has 1 saturated heterocycles. The summed E-state index contributed by atoms with van der Waals surface area (Å²) >= 11 is 0. The van der Waals surface area contributed by atoms with E-state index in [1.807, 2.05) is 0 Å². The standard InChI is InChI=1S/C26H35N3O8/c1-13(2)20(21(31)19-14(3)22(32)29-23(19)33)28-18(30)12-17(27-25(35)37-26(4,5)6)15-9-8-10-16(11-15)24(34)36-7/h8-11,13-14,17,19-20H,12H2,1-7H3,(H,27,35)(H,28,30)(H,29,32,33)/t14-,17-,19+,20-/m0/s1. The van der Waals surface area contributed by atoms with Crippen LogP contribution in [0.3, 0.4) is 0 Å². The molecule has 11 nitrogen and oxygen atoms in total. The van der Waals surface area contributed by atoms with Gasteiger partial charge in [-0.3, -0.25) is 24.5 Å². The molecule has 3 N–H and O–H groups in total. The van der Waals surface area contributed by atoms with E-state index in [9.17, 15) is 28.8 Å². The normalized spacial score (nSPS) is 19.0. The van der Waals surface area contributed by atoms with Gasteiger partial charge in [-0.2, -0.15) is 0 Å². The third kappa shape index (κ3) is 7.86. The maximum atomic E-state index is 13.2. The molecule has 0 aliphatic carbocycles. The molecule has 4 amide bonds. The number of hydrogen-bond donors (Lipinski definition) is 3. The number of ketones is 1. The van der Waals surface area contributed by atoms with Crippen molar-refractivity contribution in [1.82, 2.24) is 16.0 Å². The van der Waals surface area contributed by atoms with Crippen molar-refractivity contribution in [3.63, 3.8) is 0 Å². The van der Waals surface area contributed by atoms with Gasteiger partial charge in [0.15, 0.2) is 5.78 Å². The average Bonchev–Trinajstić information content (AvgIpc) is 3.05. The van der Waals surface area contributed by atoms with Gasteiger partial charge >= 0.3 is 12.1 Å². The van der Waals surface area contributed by atoms with Crippen molar-refractivity contribution >= 4 is 35.6 Å². The summed E-state index contributed by atoms with van der Waals surface area (Å²) < 4.78 is 10.1. The monoisotopic (exact) mass is 517 g/mol. The highest BCUT2D eigenvalue weighted by Crippen LogP contribution is 2.24. The Kier molecular flexibility index (Phi) is 9.55. The van der Waals surface area contributed by atoms with Crippen molar-refractivity contribution in [3.8, 4) is 0 Å². The number of hydrogen-bond acceptors (Lipinski definition) is 8. The second-order valence-corrected chi connectivity index (χ2v) is 10.3. The number of benzene rings is 1. The summed E-state index contributed by atoms with van der Waals surface area (Å²) in [6, 6.07) is 4.27. The summed E-state index contributed by atoms with van der Waals surface area (Å²) in [5.74, 6) is -5.40. The van der Waals surface area contributed by atoms with Crippen LogP contribution in [-0.4, -0.2) is 54.3 Å². The number of alkyl carbamates (subject to hydrolysis) is 1. The molecule has 1 aromatic rings. The van der Waals surface area contributed by atoms with Crippen LogP contribution >= 0.6 is 0 Å². The molecule has 1 aliphatic rings. The summed E-state index contributed by atoms with van der Waals surface area (Å²) in [4.78, 5) is 74.9. The van der Waals surface area contributed by atoms with Crippen LogP contribution in [0, 0.1) is 17.8 Å². The lowest BCUT2D eigenvalue weighted by molar-refractivity contribution is -0.137. The lowest BCUT2D eigenvalue weighted by Gasteiger charge is -2.27. The van der Waals surface area contributed by atoms with Gasteiger partial charge in [0, 0.05) is 0 Å². The van der Waals surface area contributed by atoms with Crippen molar-refractivity contribution in [1.29, 1.82) is 0 Å². The molecular weight excluding hydrogens is 482 g/mol. The van der Waals surface area contributed by atoms with Crippen molar-refractivity contribution in [2.24, 2.45) is 17.8 Å². The van der Waals surface area contributed by atoms with Crippen molar-refractivity contribution in [2.75, 3.05) is 7.11 Å². The minimum absolute atomic E-state index is 0.220. The highest BCUT2D eigenvalue weighted by atomic mass is 16.6. The SMILES string of the molecule is COC(=O)c1cccc([C@H](CC(=O)N[C@H](C(=O)[C@@H]2C(=O)NC(=O)[C@H]2C)C(C)C)NC(=O)OC(C)(C)C)c1. The van der Waals surface area contributed by atoms with Crippen LogP contribution in [0.4, 0.5) is 4.79 Å². The van der Waals surface area contributed by atoms with Gasteiger partial charge in [-0.25, -0.2) is 9.59 Å². The Hall–Kier alpha value is -3.76. The van der Waals surface area contributed by atoms with E-state index in [0.717, 1.165) is 0 Å². The molecule has 4 atom stereocenters. The molecule has 0 spiro atoms. The predicted octanol–water partition coefficient (Wildman–Crippen LogP) is 2.05. The quantitative estimate of drug-likeness (QED) is 0.255. The zero-order chi connectivity index (χ0) is 28.1. The summed E-state index contributed by atoms with van der Waals surface area (Å²) in [6.45, 7) is 9.97. The first-order valence-electron chi connectivity index (χ1n) is 12.0. The molecule has 1 aromatic carbocycles. The summed E-state index contributed by atoms with van der Waals surface area (Å²) in [7, 11) is 1.24. The van der Waals surface area contributed by atoms with Crippen LogP contribution < -0.4 is 16.0 Å². The van der Waals surface area contributed by atoms with Gasteiger partial charge < -0.3 is 20.1 Å². The smallest absolute Gasteiger partial charge is 0.408 e. The molecule has 1 fully saturated rings. The molecule has 0 saturated carbocycles. The minimum atomic E-state index is -1.20. The van der Waals surface area contributed by atoms with Gasteiger partial charge in [0.2, 0.25) is 17.7 Å². The highest BCUT2D eigenvalue weighted by Gasteiger charge is 2.46. The molecule has 0 aromatic heterocycles. The molecule has 37 heavy (non-hydrogen) atoms. The van der Waals surface area contributed by atoms with E-state index < -0.39 is 65.1 Å². The first-order valence-corrected chi connectivity index (χ1v) is 12.0. The summed E-state index contributed by atoms with van der Waals surface area (Å²) in [5, 5.41) is 7.45. The molecular formula is C26H35N3O8. The Morgan fingerprint density at radius 2 is 1.70 bits per heavy atom. The fraction of sp³-hybridized carbons (Fsp3) is 0.538. The van der Waals surface area contributed by atoms with Crippen molar-refractivity contribution in [2.45, 2.75) is 65.6 Å². The van der Waals surface area contributed by atoms with Gasteiger partial charge in [0.1, 0.15) is 11.5 Å². The molecule has 0 radical (unpaired) electrons. The Morgan fingerprint density at radius 3 is 2.22 bits per heavy atom. The van der Waals surface area contributed by atoms with E-state index in [4.69, 9.17) is 9.47 Å². The average molecular weight is 518 g/mol. The van der Waals surface area contributed by atoms with Crippen molar-refractivity contribution in [3.05, 3.63) is 35.4 Å². The van der Waals surface area contributed by atoms with E-state index in [0.29, 0.717) is 5.56 Å². The van der Waals surface area contributed by atoms with E-state index in [1.54, 1.807) is 46.8 Å². The number of Topliss-reactive ketones (excluding diaryl/α,β-unsaturated/α-hetero) is 1. The third-order valence-electron chi connectivity index (χ3n) is 5.83. The van der Waals surface area contributed by atoms with Crippen molar-refractivity contribution < 1.29 is 38.2 Å². The zero-order valence-corrected chi connectivity index (χ0v) is 22.2. The zero-order valence-electron chi connectivity index (χ0n) is 22.2. The minimum Gasteiger partial charge on any atom is -0.465 e. The lowest BCUT2D eigenvalue weighted by Crippen LogP contribution is -2.49. The predicted molar refractivity (Wildman–Crippen MR) is 132 cm³/mol. The number of imide groups is 1.